The zero-order chi connectivity index (χ0) is 24.8. The number of halogens is 1. The predicted octanol–water partition coefficient (Wildman–Crippen LogP) is 4.29. The minimum absolute atomic E-state index is 0.0268. The van der Waals surface area contributed by atoms with Crippen LogP contribution < -0.4 is 9.47 Å². The number of Topliss-reactive ketones (excluding diaryl/α,β-unsaturated/α-hetero) is 1. The molecule has 0 spiro atoms. The predicted molar refractivity (Wildman–Crippen MR) is 132 cm³/mol. The summed E-state index contributed by atoms with van der Waals surface area (Å²) < 4.78 is 11.1. The highest BCUT2D eigenvalue weighted by Crippen LogP contribution is 2.42. The van der Waals surface area contributed by atoms with Gasteiger partial charge in [-0.2, -0.15) is 0 Å². The SMILES string of the molecule is C=CCOc1ccc([C@H]2C(=C(O)c3ccc(Cl)cc3)C(=O)C(=O)N2CCCN(C)C)cc1OC. The second kappa shape index (κ2) is 11.2. The van der Waals surface area contributed by atoms with Gasteiger partial charge in [0.05, 0.1) is 18.7 Å². The second-order valence-electron chi connectivity index (χ2n) is 8.17. The molecule has 0 aromatic heterocycles. The van der Waals surface area contributed by atoms with Gasteiger partial charge in [-0.3, -0.25) is 9.59 Å². The van der Waals surface area contributed by atoms with E-state index in [1.54, 1.807) is 48.5 Å². The van der Waals surface area contributed by atoms with Gasteiger partial charge in [0.1, 0.15) is 12.4 Å². The van der Waals surface area contributed by atoms with E-state index in [1.807, 2.05) is 19.0 Å². The van der Waals surface area contributed by atoms with E-state index >= 15 is 0 Å². The Morgan fingerprint density at radius 1 is 1.18 bits per heavy atom. The van der Waals surface area contributed by atoms with Crippen molar-refractivity contribution in [3.63, 3.8) is 0 Å². The van der Waals surface area contributed by atoms with E-state index in [0.29, 0.717) is 47.2 Å². The number of carbonyl (C=O) groups is 2. The molecule has 0 radical (unpaired) electrons. The van der Waals surface area contributed by atoms with Gasteiger partial charge in [-0.15, -0.1) is 0 Å². The molecule has 0 bridgehead atoms. The van der Waals surface area contributed by atoms with E-state index < -0.39 is 17.7 Å². The van der Waals surface area contributed by atoms with Gasteiger partial charge in [0, 0.05) is 17.1 Å². The third-order valence-electron chi connectivity index (χ3n) is 5.52. The number of amides is 1. The van der Waals surface area contributed by atoms with Crippen molar-refractivity contribution in [2.75, 3.05) is 40.9 Å². The second-order valence-corrected chi connectivity index (χ2v) is 8.60. The number of ketones is 1. The van der Waals surface area contributed by atoms with Gasteiger partial charge in [-0.1, -0.05) is 30.3 Å². The maximum Gasteiger partial charge on any atom is 0.295 e. The molecule has 1 atom stereocenters. The first kappa shape index (κ1) is 25.3. The quantitative estimate of drug-likeness (QED) is 0.234. The van der Waals surface area contributed by atoms with Crippen molar-refractivity contribution in [3.8, 4) is 11.5 Å². The van der Waals surface area contributed by atoms with Crippen LogP contribution in [0.5, 0.6) is 11.5 Å². The van der Waals surface area contributed by atoms with Gasteiger partial charge >= 0.3 is 0 Å². The third-order valence-corrected chi connectivity index (χ3v) is 5.77. The first-order valence-electron chi connectivity index (χ1n) is 10.9. The van der Waals surface area contributed by atoms with Crippen LogP contribution in [-0.2, 0) is 9.59 Å². The summed E-state index contributed by atoms with van der Waals surface area (Å²) in [6.07, 6.45) is 2.29. The molecule has 0 saturated carbocycles. The van der Waals surface area contributed by atoms with Crippen molar-refractivity contribution < 1.29 is 24.2 Å². The summed E-state index contributed by atoms with van der Waals surface area (Å²) in [6.45, 7) is 5.04. The largest absolute Gasteiger partial charge is 0.507 e. The molecule has 1 N–H and O–H groups in total. The van der Waals surface area contributed by atoms with E-state index in [0.717, 1.165) is 6.54 Å². The molecule has 180 valence electrons. The van der Waals surface area contributed by atoms with E-state index in [4.69, 9.17) is 21.1 Å². The van der Waals surface area contributed by atoms with Crippen LogP contribution in [0.1, 0.15) is 23.6 Å². The summed E-state index contributed by atoms with van der Waals surface area (Å²) in [5.74, 6) is -0.669. The Morgan fingerprint density at radius 2 is 1.88 bits per heavy atom. The lowest BCUT2D eigenvalue weighted by Crippen LogP contribution is -2.32. The lowest BCUT2D eigenvalue weighted by molar-refractivity contribution is -0.139. The van der Waals surface area contributed by atoms with Crippen molar-refractivity contribution in [1.82, 2.24) is 9.80 Å². The van der Waals surface area contributed by atoms with E-state index in [9.17, 15) is 14.7 Å². The van der Waals surface area contributed by atoms with Gasteiger partial charge in [0.15, 0.2) is 11.5 Å². The molecule has 3 rings (SSSR count). The third kappa shape index (κ3) is 5.43. The van der Waals surface area contributed by atoms with Crippen LogP contribution in [0, 0.1) is 0 Å². The van der Waals surface area contributed by atoms with Crippen molar-refractivity contribution in [2.45, 2.75) is 12.5 Å². The molecule has 0 unspecified atom stereocenters. The van der Waals surface area contributed by atoms with Gasteiger partial charge in [0.25, 0.3) is 11.7 Å². The molecule has 1 heterocycles. The van der Waals surface area contributed by atoms with Crippen LogP contribution in [0.4, 0.5) is 0 Å². The number of methoxy groups -OCH3 is 1. The molecule has 1 fully saturated rings. The topological polar surface area (TPSA) is 79.3 Å². The fourth-order valence-electron chi connectivity index (χ4n) is 3.90. The summed E-state index contributed by atoms with van der Waals surface area (Å²) in [5.41, 5.74) is 1.06. The van der Waals surface area contributed by atoms with Crippen molar-refractivity contribution in [1.29, 1.82) is 0 Å². The summed E-state index contributed by atoms with van der Waals surface area (Å²) in [5, 5.41) is 11.6. The minimum atomic E-state index is -0.778. The maximum absolute atomic E-state index is 13.1. The average Bonchev–Trinajstić information content (AvgIpc) is 3.07. The lowest BCUT2D eigenvalue weighted by atomic mass is 9.95. The molecule has 1 aliphatic rings. The van der Waals surface area contributed by atoms with Gasteiger partial charge in [-0.05, 0) is 69.0 Å². The molecule has 1 amide bonds. The van der Waals surface area contributed by atoms with Crippen LogP contribution in [-0.4, -0.2) is 67.5 Å². The number of aliphatic hydroxyl groups excluding tert-OH is 1. The first-order chi connectivity index (χ1) is 16.3. The van der Waals surface area contributed by atoms with Gasteiger partial charge < -0.3 is 24.4 Å². The maximum atomic E-state index is 13.1. The van der Waals surface area contributed by atoms with Crippen molar-refractivity contribution in [2.24, 2.45) is 0 Å². The molecule has 1 saturated heterocycles. The zero-order valence-corrected chi connectivity index (χ0v) is 20.3. The molecular weight excluding hydrogens is 456 g/mol. The smallest absolute Gasteiger partial charge is 0.295 e. The fourth-order valence-corrected chi connectivity index (χ4v) is 4.03. The first-order valence-corrected chi connectivity index (χ1v) is 11.3. The summed E-state index contributed by atoms with van der Waals surface area (Å²) in [6, 6.07) is 10.9. The molecule has 34 heavy (non-hydrogen) atoms. The highest BCUT2D eigenvalue weighted by Gasteiger charge is 2.46. The van der Waals surface area contributed by atoms with Crippen molar-refractivity contribution in [3.05, 3.63) is 76.8 Å². The van der Waals surface area contributed by atoms with Crippen LogP contribution in [0.2, 0.25) is 5.02 Å². The van der Waals surface area contributed by atoms with E-state index in [-0.39, 0.29) is 11.3 Å². The molecule has 2 aromatic rings. The number of hydrogen-bond donors (Lipinski definition) is 1. The number of benzene rings is 2. The number of carbonyl (C=O) groups excluding carboxylic acids is 2. The van der Waals surface area contributed by atoms with Crippen LogP contribution >= 0.6 is 11.6 Å². The molecular formula is C26H29ClN2O5. The number of likely N-dealkylation sites (tertiary alicyclic amines) is 1. The van der Waals surface area contributed by atoms with Crippen molar-refractivity contribution >= 4 is 29.1 Å². The summed E-state index contributed by atoms with van der Waals surface area (Å²) >= 11 is 5.98. The monoisotopic (exact) mass is 484 g/mol. The Labute approximate surface area is 204 Å². The summed E-state index contributed by atoms with van der Waals surface area (Å²) in [4.78, 5) is 29.7. The van der Waals surface area contributed by atoms with E-state index in [1.165, 1.54) is 12.0 Å². The van der Waals surface area contributed by atoms with Crippen LogP contribution in [0.25, 0.3) is 5.76 Å². The summed E-state index contributed by atoms with van der Waals surface area (Å²) in [7, 11) is 5.40. The highest BCUT2D eigenvalue weighted by atomic mass is 35.5. The Bertz CT molecular complexity index is 1090. The average molecular weight is 485 g/mol. The van der Waals surface area contributed by atoms with Crippen LogP contribution in [0.3, 0.4) is 0 Å². The normalized spacial score (nSPS) is 17.3. The van der Waals surface area contributed by atoms with Crippen LogP contribution in [0.15, 0.2) is 60.7 Å². The number of rotatable bonds is 10. The lowest BCUT2D eigenvalue weighted by Gasteiger charge is -2.26. The number of ether oxygens (including phenoxy) is 2. The molecule has 1 aliphatic heterocycles. The standard InChI is InChI=1S/C26H29ClN2O5/c1-5-15-34-20-12-9-18(16-21(20)33-4)23-22(24(30)17-7-10-19(27)11-8-17)25(31)26(32)29(23)14-6-13-28(2)3/h5,7-12,16,23,30H,1,6,13-15H2,2-4H3/t23-/m0/s1. The number of hydrogen-bond acceptors (Lipinski definition) is 6. The van der Waals surface area contributed by atoms with Gasteiger partial charge in [0.2, 0.25) is 0 Å². The zero-order valence-electron chi connectivity index (χ0n) is 19.6. The Balaban J connectivity index is 2.11. The molecule has 7 nitrogen and oxygen atoms in total. The number of nitrogens with zero attached hydrogens (tertiary/aromatic N) is 2. The molecule has 0 aliphatic carbocycles. The van der Waals surface area contributed by atoms with Gasteiger partial charge in [-0.25, -0.2) is 0 Å². The van der Waals surface area contributed by atoms with E-state index in [2.05, 4.69) is 6.58 Å². The number of aliphatic hydroxyl groups is 1. The molecule has 2 aromatic carbocycles. The molecule has 8 heteroatoms. The fraction of sp³-hybridized carbons (Fsp3) is 0.308. The Hall–Kier alpha value is -3.29. The highest BCUT2D eigenvalue weighted by molar-refractivity contribution is 6.46. The Morgan fingerprint density at radius 3 is 2.50 bits per heavy atom. The Kier molecular flexibility index (Phi) is 8.36. The minimum Gasteiger partial charge on any atom is -0.507 e.